The van der Waals surface area contributed by atoms with E-state index in [0.717, 1.165) is 5.56 Å². The lowest BCUT2D eigenvalue weighted by Gasteiger charge is -2.07. The van der Waals surface area contributed by atoms with E-state index in [2.05, 4.69) is 10.5 Å². The summed E-state index contributed by atoms with van der Waals surface area (Å²) in [6.07, 6.45) is 0. The van der Waals surface area contributed by atoms with Crippen molar-refractivity contribution in [3.8, 4) is 5.75 Å². The molecule has 0 bridgehead atoms. The predicted molar refractivity (Wildman–Crippen MR) is 81.8 cm³/mol. The average Bonchev–Trinajstić information content (AvgIpc) is 2.47. The summed E-state index contributed by atoms with van der Waals surface area (Å²) in [5.41, 5.74) is 5.03. The fourth-order valence-electron chi connectivity index (χ4n) is 1.87. The van der Waals surface area contributed by atoms with Crippen molar-refractivity contribution in [2.75, 3.05) is 5.43 Å². The van der Waals surface area contributed by atoms with Crippen molar-refractivity contribution in [3.05, 3.63) is 63.7 Å². The van der Waals surface area contributed by atoms with E-state index in [1.165, 1.54) is 6.07 Å². The first-order valence-electron chi connectivity index (χ1n) is 6.32. The molecule has 0 spiro atoms. The van der Waals surface area contributed by atoms with Crippen LogP contribution in [0.15, 0.2) is 47.6 Å². The standard InChI is InChI=1S/C15H15N3O3/c1-10-7-8-15(19)12(9-10)11(2)16-17-13-5-3-4-6-14(13)18(20)21/h3-9,17,19H,1-2H3/b16-11+. The smallest absolute Gasteiger partial charge is 0.294 e. The number of phenolic OH excluding ortho intramolecular Hbond substituents is 1. The molecule has 0 amide bonds. The molecular formula is C15H15N3O3. The number of aryl methyl sites for hydroxylation is 1. The van der Waals surface area contributed by atoms with E-state index in [-0.39, 0.29) is 11.4 Å². The fraction of sp³-hybridized carbons (Fsp3) is 0.133. The molecule has 2 aromatic carbocycles. The Morgan fingerprint density at radius 3 is 2.71 bits per heavy atom. The lowest BCUT2D eigenvalue weighted by molar-refractivity contribution is -0.384. The highest BCUT2D eigenvalue weighted by Crippen LogP contribution is 2.24. The molecule has 0 fully saturated rings. The maximum absolute atomic E-state index is 10.9. The Morgan fingerprint density at radius 2 is 2.00 bits per heavy atom. The van der Waals surface area contributed by atoms with Gasteiger partial charge in [0.1, 0.15) is 11.4 Å². The number of phenols is 1. The molecular weight excluding hydrogens is 270 g/mol. The van der Waals surface area contributed by atoms with Gasteiger partial charge in [0.2, 0.25) is 0 Å². The molecule has 21 heavy (non-hydrogen) atoms. The molecule has 0 aliphatic carbocycles. The number of benzene rings is 2. The first kappa shape index (κ1) is 14.5. The summed E-state index contributed by atoms with van der Waals surface area (Å²) >= 11 is 0. The van der Waals surface area contributed by atoms with E-state index in [0.29, 0.717) is 17.0 Å². The Kier molecular flexibility index (Phi) is 4.18. The zero-order chi connectivity index (χ0) is 15.4. The number of anilines is 1. The Labute approximate surface area is 121 Å². The first-order chi connectivity index (χ1) is 9.99. The van der Waals surface area contributed by atoms with Crippen LogP contribution in [0.4, 0.5) is 11.4 Å². The Hall–Kier alpha value is -2.89. The van der Waals surface area contributed by atoms with E-state index in [1.54, 1.807) is 43.3 Å². The van der Waals surface area contributed by atoms with Crippen molar-refractivity contribution in [3.63, 3.8) is 0 Å². The summed E-state index contributed by atoms with van der Waals surface area (Å²) in [6, 6.07) is 11.4. The number of para-hydroxylation sites is 2. The molecule has 2 aromatic rings. The number of hydrogen-bond donors (Lipinski definition) is 2. The molecule has 0 aliphatic rings. The number of rotatable bonds is 4. The number of hydrogen-bond acceptors (Lipinski definition) is 5. The average molecular weight is 285 g/mol. The van der Waals surface area contributed by atoms with E-state index in [1.807, 2.05) is 6.92 Å². The summed E-state index contributed by atoms with van der Waals surface area (Å²) in [6.45, 7) is 3.63. The summed E-state index contributed by atoms with van der Waals surface area (Å²) in [5.74, 6) is 0.117. The van der Waals surface area contributed by atoms with Gasteiger partial charge in [0.15, 0.2) is 0 Å². The van der Waals surface area contributed by atoms with Crippen molar-refractivity contribution in [1.29, 1.82) is 0 Å². The maximum Gasteiger partial charge on any atom is 0.294 e. The zero-order valence-corrected chi connectivity index (χ0v) is 11.7. The fourth-order valence-corrected chi connectivity index (χ4v) is 1.87. The number of nitro groups is 1. The molecule has 0 heterocycles. The van der Waals surface area contributed by atoms with E-state index in [4.69, 9.17) is 0 Å². The summed E-state index contributed by atoms with van der Waals surface area (Å²) in [5, 5.41) is 24.9. The minimum absolute atomic E-state index is 0.0532. The highest BCUT2D eigenvalue weighted by atomic mass is 16.6. The predicted octanol–water partition coefficient (Wildman–Crippen LogP) is 3.44. The van der Waals surface area contributed by atoms with E-state index >= 15 is 0 Å². The van der Waals surface area contributed by atoms with Crippen LogP contribution >= 0.6 is 0 Å². The Morgan fingerprint density at radius 1 is 1.29 bits per heavy atom. The normalized spacial score (nSPS) is 11.2. The second kappa shape index (κ2) is 6.04. The number of nitrogens with one attached hydrogen (secondary N) is 1. The molecule has 0 aliphatic heterocycles. The van der Waals surface area contributed by atoms with Crippen molar-refractivity contribution < 1.29 is 10.0 Å². The van der Waals surface area contributed by atoms with Gasteiger partial charge in [-0.2, -0.15) is 5.10 Å². The van der Waals surface area contributed by atoms with Crippen molar-refractivity contribution in [1.82, 2.24) is 0 Å². The van der Waals surface area contributed by atoms with Gasteiger partial charge in [-0.15, -0.1) is 0 Å². The molecule has 108 valence electrons. The van der Waals surface area contributed by atoms with Crippen LogP contribution in [0.1, 0.15) is 18.1 Å². The molecule has 0 unspecified atom stereocenters. The Balaban J connectivity index is 2.29. The topological polar surface area (TPSA) is 87.8 Å². The number of nitro benzene ring substituents is 1. The molecule has 2 rings (SSSR count). The summed E-state index contributed by atoms with van der Waals surface area (Å²) in [7, 11) is 0. The lowest BCUT2D eigenvalue weighted by atomic mass is 10.1. The quantitative estimate of drug-likeness (QED) is 0.511. The highest BCUT2D eigenvalue weighted by Gasteiger charge is 2.12. The van der Waals surface area contributed by atoms with Gasteiger partial charge in [-0.1, -0.05) is 23.8 Å². The first-order valence-corrected chi connectivity index (χ1v) is 6.32. The van der Waals surface area contributed by atoms with Crippen LogP contribution in [0.5, 0.6) is 5.75 Å². The molecule has 2 N–H and O–H groups in total. The zero-order valence-electron chi connectivity index (χ0n) is 11.7. The van der Waals surface area contributed by atoms with Gasteiger partial charge in [-0.3, -0.25) is 15.5 Å². The van der Waals surface area contributed by atoms with Crippen LogP contribution in [-0.4, -0.2) is 15.7 Å². The summed E-state index contributed by atoms with van der Waals surface area (Å²) < 4.78 is 0. The summed E-state index contributed by atoms with van der Waals surface area (Å²) in [4.78, 5) is 10.4. The van der Waals surface area contributed by atoms with Crippen LogP contribution in [-0.2, 0) is 0 Å². The third-order valence-corrected chi connectivity index (χ3v) is 2.99. The third-order valence-electron chi connectivity index (χ3n) is 2.99. The van der Waals surface area contributed by atoms with Crippen LogP contribution in [0.25, 0.3) is 0 Å². The highest BCUT2D eigenvalue weighted by molar-refractivity contribution is 6.01. The second-order valence-corrected chi connectivity index (χ2v) is 4.60. The van der Waals surface area contributed by atoms with Gasteiger partial charge in [0.05, 0.1) is 10.6 Å². The number of aromatic hydroxyl groups is 1. The number of hydrazone groups is 1. The van der Waals surface area contributed by atoms with Crippen molar-refractivity contribution in [2.45, 2.75) is 13.8 Å². The van der Waals surface area contributed by atoms with E-state index in [9.17, 15) is 15.2 Å². The van der Waals surface area contributed by atoms with Crippen LogP contribution in [0.2, 0.25) is 0 Å². The molecule has 0 atom stereocenters. The molecule has 0 saturated carbocycles. The molecule has 6 nitrogen and oxygen atoms in total. The minimum atomic E-state index is -0.475. The van der Waals surface area contributed by atoms with Gasteiger partial charge in [0, 0.05) is 11.6 Å². The lowest BCUT2D eigenvalue weighted by Crippen LogP contribution is -2.02. The Bertz CT molecular complexity index is 711. The van der Waals surface area contributed by atoms with Gasteiger partial charge < -0.3 is 5.11 Å². The van der Waals surface area contributed by atoms with Crippen molar-refractivity contribution >= 4 is 17.1 Å². The number of nitrogens with zero attached hydrogens (tertiary/aromatic N) is 2. The van der Waals surface area contributed by atoms with Gasteiger partial charge >= 0.3 is 0 Å². The van der Waals surface area contributed by atoms with Gasteiger partial charge in [-0.25, -0.2) is 0 Å². The SMILES string of the molecule is C/C(=N\Nc1ccccc1[N+](=O)[O-])c1cc(C)ccc1O. The van der Waals surface area contributed by atoms with Gasteiger partial charge in [0.25, 0.3) is 5.69 Å². The molecule has 0 radical (unpaired) electrons. The minimum Gasteiger partial charge on any atom is -0.507 e. The van der Waals surface area contributed by atoms with Crippen LogP contribution in [0, 0.1) is 17.0 Å². The monoisotopic (exact) mass is 285 g/mol. The third kappa shape index (κ3) is 3.36. The van der Waals surface area contributed by atoms with Crippen LogP contribution < -0.4 is 5.43 Å². The maximum atomic E-state index is 10.9. The largest absolute Gasteiger partial charge is 0.507 e. The van der Waals surface area contributed by atoms with E-state index < -0.39 is 4.92 Å². The molecule has 0 aromatic heterocycles. The second-order valence-electron chi connectivity index (χ2n) is 4.60. The molecule has 0 saturated heterocycles. The van der Waals surface area contributed by atoms with Crippen LogP contribution in [0.3, 0.4) is 0 Å². The van der Waals surface area contributed by atoms with Crippen molar-refractivity contribution in [2.24, 2.45) is 5.10 Å². The molecule has 6 heteroatoms. The van der Waals surface area contributed by atoms with Gasteiger partial charge in [-0.05, 0) is 32.0 Å².